The number of rotatable bonds is 8. The third-order valence-electron chi connectivity index (χ3n) is 10.4. The summed E-state index contributed by atoms with van der Waals surface area (Å²) in [6.07, 6.45) is 6.81. The average Bonchev–Trinajstić information content (AvgIpc) is 3.79. The van der Waals surface area contributed by atoms with Crippen LogP contribution in [-0.2, 0) is 0 Å². The second-order valence-electron chi connectivity index (χ2n) is 13.8. The highest BCUT2D eigenvalue weighted by Crippen LogP contribution is 2.46. The third kappa shape index (κ3) is 5.69. The summed E-state index contributed by atoms with van der Waals surface area (Å²) in [5.41, 5.74) is 6.43. The van der Waals surface area contributed by atoms with Crippen LogP contribution in [0.2, 0.25) is 0 Å². The molecule has 11 rings (SSSR count). The van der Waals surface area contributed by atoms with Crippen molar-refractivity contribution in [3.8, 4) is 57.1 Å². The summed E-state index contributed by atoms with van der Waals surface area (Å²) >= 11 is 0. The van der Waals surface area contributed by atoms with Gasteiger partial charge in [-0.15, -0.1) is 5.10 Å². The molecular weight excluding hydrogens is 719 g/mol. The van der Waals surface area contributed by atoms with Crippen LogP contribution in [0.4, 0.5) is 0 Å². The summed E-state index contributed by atoms with van der Waals surface area (Å²) in [6, 6.07) is 55.0. The fourth-order valence-electron chi connectivity index (χ4n) is 7.90. The first-order valence-corrected chi connectivity index (χ1v) is 18.9. The molecule has 58 heavy (non-hydrogen) atoms. The fourth-order valence-corrected chi connectivity index (χ4v) is 7.90. The van der Waals surface area contributed by atoms with Crippen molar-refractivity contribution in [2.24, 2.45) is 0 Å². The first kappa shape index (κ1) is 33.2. The number of benzene rings is 6. The number of hydrogen-bond acceptors (Lipinski definition) is 7. The maximum absolute atomic E-state index is 6.98. The minimum absolute atomic E-state index is 0.438. The molecule has 0 amide bonds. The molecule has 0 bridgehead atoms. The van der Waals surface area contributed by atoms with E-state index in [1.807, 2.05) is 103 Å². The molecule has 0 unspecified atom stereocenters. The van der Waals surface area contributed by atoms with Gasteiger partial charge in [0.1, 0.15) is 34.6 Å². The van der Waals surface area contributed by atoms with Gasteiger partial charge in [0.05, 0.1) is 33.8 Å². The lowest BCUT2D eigenvalue weighted by atomic mass is 10.0. The SMILES string of the molecule is c1ccc(-c2c(Oc3ccc4c5ccccc5n(-c5ccccn5)c4c3)cc(-c3nccnn3)cc2Oc2ccc3c4ccccc4n(-c4ccccn4)c3c2)cc1. The van der Waals surface area contributed by atoms with Crippen molar-refractivity contribution in [3.63, 3.8) is 0 Å². The molecule has 11 aromatic rings. The summed E-state index contributed by atoms with van der Waals surface area (Å²) in [5, 5.41) is 13.0. The minimum atomic E-state index is 0.438. The van der Waals surface area contributed by atoms with Crippen molar-refractivity contribution in [2.75, 3.05) is 0 Å². The Morgan fingerprint density at radius 1 is 0.379 bits per heavy atom. The second-order valence-corrected chi connectivity index (χ2v) is 13.8. The van der Waals surface area contributed by atoms with Gasteiger partial charge in [-0.05, 0) is 78.4 Å². The molecule has 0 aliphatic carbocycles. The van der Waals surface area contributed by atoms with E-state index in [9.17, 15) is 0 Å². The Bertz CT molecular complexity index is 3100. The number of pyridine rings is 2. The van der Waals surface area contributed by atoms with Gasteiger partial charge in [0.15, 0.2) is 5.82 Å². The standard InChI is InChI=1S/C49H31N7O2/c1-2-12-32(13-3-1)48-44(57-34-20-22-38-36-14-4-6-16-40(36)55(42(38)30-34)46-18-8-10-24-50-46)28-33(49-52-26-27-53-54-49)29-45(48)58-35-21-23-39-37-15-5-7-17-41(37)56(43(39)31-35)47-19-9-11-25-51-47/h1-31H. The molecule has 0 aliphatic heterocycles. The van der Waals surface area contributed by atoms with Crippen LogP contribution in [0.15, 0.2) is 189 Å². The zero-order chi connectivity index (χ0) is 38.4. The van der Waals surface area contributed by atoms with Crippen LogP contribution in [0.25, 0.3) is 77.8 Å². The van der Waals surface area contributed by atoms with E-state index < -0.39 is 0 Å². The molecule has 274 valence electrons. The van der Waals surface area contributed by atoms with Crippen LogP contribution in [0.3, 0.4) is 0 Å². The Labute approximate surface area is 332 Å². The van der Waals surface area contributed by atoms with Crippen LogP contribution in [0.5, 0.6) is 23.0 Å². The predicted octanol–water partition coefficient (Wildman–Crippen LogP) is 11.8. The second kappa shape index (κ2) is 13.8. The molecular formula is C49H31N7O2. The number of hydrogen-bond donors (Lipinski definition) is 0. The molecule has 6 aromatic carbocycles. The van der Waals surface area contributed by atoms with Crippen molar-refractivity contribution in [3.05, 3.63) is 189 Å². The van der Waals surface area contributed by atoms with E-state index >= 15 is 0 Å². The van der Waals surface area contributed by atoms with Crippen molar-refractivity contribution in [2.45, 2.75) is 0 Å². The van der Waals surface area contributed by atoms with E-state index in [0.717, 1.165) is 66.4 Å². The molecule has 9 nitrogen and oxygen atoms in total. The van der Waals surface area contributed by atoms with Gasteiger partial charge < -0.3 is 9.47 Å². The molecule has 0 fully saturated rings. The Hall–Kier alpha value is -8.17. The number of para-hydroxylation sites is 2. The number of nitrogens with zero attached hydrogens (tertiary/aromatic N) is 7. The van der Waals surface area contributed by atoms with Gasteiger partial charge in [-0.3, -0.25) is 9.13 Å². The molecule has 0 saturated carbocycles. The van der Waals surface area contributed by atoms with Crippen molar-refractivity contribution in [1.82, 2.24) is 34.3 Å². The number of aromatic nitrogens is 7. The highest BCUT2D eigenvalue weighted by Gasteiger charge is 2.22. The lowest BCUT2D eigenvalue weighted by Gasteiger charge is -2.19. The summed E-state index contributed by atoms with van der Waals surface area (Å²) < 4.78 is 18.3. The minimum Gasteiger partial charge on any atom is -0.456 e. The summed E-state index contributed by atoms with van der Waals surface area (Å²) in [6.45, 7) is 0. The molecule has 0 aliphatic rings. The van der Waals surface area contributed by atoms with Crippen LogP contribution in [0, 0.1) is 0 Å². The smallest absolute Gasteiger partial charge is 0.181 e. The van der Waals surface area contributed by atoms with Crippen LogP contribution in [-0.4, -0.2) is 34.3 Å². The normalized spacial score (nSPS) is 11.4. The molecule has 0 saturated heterocycles. The topological polar surface area (TPSA) is 92.8 Å². The Balaban J connectivity index is 1.10. The lowest BCUT2D eigenvalue weighted by Crippen LogP contribution is -1.98. The van der Waals surface area contributed by atoms with Gasteiger partial charge in [0, 0.05) is 57.8 Å². The van der Waals surface area contributed by atoms with E-state index in [1.54, 1.807) is 12.4 Å². The average molecular weight is 750 g/mol. The summed E-state index contributed by atoms with van der Waals surface area (Å²) in [7, 11) is 0. The van der Waals surface area contributed by atoms with Crippen LogP contribution < -0.4 is 9.47 Å². The first-order chi connectivity index (χ1) is 28.8. The number of fused-ring (bicyclic) bond motifs is 6. The van der Waals surface area contributed by atoms with E-state index in [2.05, 4.69) is 97.1 Å². The highest BCUT2D eigenvalue weighted by atomic mass is 16.5. The quantitative estimate of drug-likeness (QED) is 0.153. The van der Waals surface area contributed by atoms with Gasteiger partial charge in [-0.25, -0.2) is 15.0 Å². The number of ether oxygens (including phenoxy) is 2. The van der Waals surface area contributed by atoms with E-state index in [-0.39, 0.29) is 0 Å². The van der Waals surface area contributed by atoms with Gasteiger partial charge in [-0.2, -0.15) is 5.10 Å². The van der Waals surface area contributed by atoms with Gasteiger partial charge in [0.25, 0.3) is 0 Å². The van der Waals surface area contributed by atoms with E-state index in [4.69, 9.17) is 19.4 Å². The molecule has 0 N–H and O–H groups in total. The van der Waals surface area contributed by atoms with Gasteiger partial charge in [-0.1, -0.05) is 78.9 Å². The molecule has 5 aromatic heterocycles. The molecule has 9 heteroatoms. The van der Waals surface area contributed by atoms with Crippen molar-refractivity contribution < 1.29 is 9.47 Å². The Morgan fingerprint density at radius 2 is 0.897 bits per heavy atom. The van der Waals surface area contributed by atoms with E-state index in [1.165, 1.54) is 0 Å². The van der Waals surface area contributed by atoms with Crippen LogP contribution in [0.1, 0.15) is 0 Å². The molecule has 0 atom stereocenters. The first-order valence-electron chi connectivity index (χ1n) is 18.9. The Morgan fingerprint density at radius 3 is 1.41 bits per heavy atom. The Kier molecular flexibility index (Phi) is 7.92. The maximum Gasteiger partial charge on any atom is 0.181 e. The molecule has 5 heterocycles. The van der Waals surface area contributed by atoms with Crippen LogP contribution >= 0.6 is 0 Å². The summed E-state index contributed by atoms with van der Waals surface area (Å²) in [4.78, 5) is 14.0. The highest BCUT2D eigenvalue weighted by molar-refractivity contribution is 6.10. The van der Waals surface area contributed by atoms with Gasteiger partial charge >= 0.3 is 0 Å². The van der Waals surface area contributed by atoms with Gasteiger partial charge in [0.2, 0.25) is 0 Å². The largest absolute Gasteiger partial charge is 0.456 e. The van der Waals surface area contributed by atoms with Crippen molar-refractivity contribution in [1.29, 1.82) is 0 Å². The van der Waals surface area contributed by atoms with Crippen molar-refractivity contribution >= 4 is 43.6 Å². The monoisotopic (exact) mass is 749 g/mol. The maximum atomic E-state index is 6.98. The zero-order valence-corrected chi connectivity index (χ0v) is 30.8. The molecule has 0 spiro atoms. The van der Waals surface area contributed by atoms with E-state index in [0.29, 0.717) is 34.4 Å². The molecule has 0 radical (unpaired) electrons. The lowest BCUT2D eigenvalue weighted by molar-refractivity contribution is 0.464. The third-order valence-corrected chi connectivity index (χ3v) is 10.4. The fraction of sp³-hybridized carbons (Fsp3) is 0. The summed E-state index contributed by atoms with van der Waals surface area (Å²) in [5.74, 6) is 4.49. The predicted molar refractivity (Wildman–Crippen MR) is 228 cm³/mol. The zero-order valence-electron chi connectivity index (χ0n) is 30.8.